The molecule has 0 radical (unpaired) electrons. The van der Waals surface area contributed by atoms with Crippen molar-refractivity contribution in [1.29, 1.82) is 0 Å². The number of aryl methyl sites for hydroxylation is 1. The molecular weight excluding hydrogens is 481 g/mol. The van der Waals surface area contributed by atoms with Crippen LogP contribution in [0.3, 0.4) is 0 Å². The largest absolute Gasteiger partial charge is 0.387 e. The molecular formula is C21H23F3N10O2. The molecule has 1 fully saturated rings. The molecule has 1 atom stereocenters. The summed E-state index contributed by atoms with van der Waals surface area (Å²) in [5.74, 6) is -4.63. The first-order chi connectivity index (χ1) is 17.2. The minimum atomic E-state index is -3.30. The summed E-state index contributed by atoms with van der Waals surface area (Å²) >= 11 is 0. The Bertz CT molecular complexity index is 1450. The molecule has 5 heterocycles. The first-order valence-electron chi connectivity index (χ1n) is 11.3. The van der Waals surface area contributed by atoms with E-state index < -0.39 is 36.8 Å². The Hall–Kier alpha value is -4.01. The van der Waals surface area contributed by atoms with Crippen LogP contribution in [0.2, 0.25) is 0 Å². The smallest absolute Gasteiger partial charge is 0.285 e. The number of fused-ring (bicyclic) bond motifs is 2. The summed E-state index contributed by atoms with van der Waals surface area (Å²) in [6.07, 6.45) is 1.03. The van der Waals surface area contributed by atoms with Crippen LogP contribution in [0.15, 0.2) is 18.3 Å². The molecule has 1 aliphatic rings. The van der Waals surface area contributed by atoms with Crippen LogP contribution in [0, 0.1) is 5.82 Å². The minimum Gasteiger partial charge on any atom is -0.387 e. The maximum absolute atomic E-state index is 15.2. The topological polar surface area (TPSA) is 138 Å². The standard InChI is InChI=1S/C21H23F3N10O2/c1-3-33-19-13(29-31-33)5-4-12(26-19)16-11(22)8-34-17(16)18(25-2)28-20(30-34)27-14-6-7-32(15(36)9-35)10-21(14,23)24/h4-5,8,14,35H,3,6-7,9-10H2,1-2H3,(H2,25,27,28,30)/t14-/m1/s1. The Morgan fingerprint density at radius 3 is 2.81 bits per heavy atom. The Balaban J connectivity index is 1.51. The Kier molecular flexibility index (Phi) is 5.86. The van der Waals surface area contributed by atoms with Crippen LogP contribution in [0.4, 0.5) is 24.9 Å². The number of aromatic nitrogens is 7. The van der Waals surface area contributed by atoms with Crippen molar-refractivity contribution in [3.63, 3.8) is 0 Å². The number of nitrogens with zero attached hydrogens (tertiary/aromatic N) is 8. The Morgan fingerprint density at radius 2 is 2.11 bits per heavy atom. The van der Waals surface area contributed by atoms with Gasteiger partial charge in [0.25, 0.3) is 5.92 Å². The van der Waals surface area contributed by atoms with E-state index in [0.717, 1.165) is 11.1 Å². The van der Waals surface area contributed by atoms with Gasteiger partial charge in [-0.15, -0.1) is 10.2 Å². The normalized spacial score (nSPS) is 17.6. The fourth-order valence-corrected chi connectivity index (χ4v) is 4.32. The van der Waals surface area contributed by atoms with E-state index in [0.29, 0.717) is 23.4 Å². The van der Waals surface area contributed by atoms with Gasteiger partial charge in [-0.3, -0.25) is 4.79 Å². The van der Waals surface area contributed by atoms with Gasteiger partial charge < -0.3 is 20.6 Å². The number of alkyl halides is 2. The van der Waals surface area contributed by atoms with Gasteiger partial charge in [-0.05, 0) is 25.5 Å². The van der Waals surface area contributed by atoms with Crippen LogP contribution in [-0.2, 0) is 11.3 Å². The summed E-state index contributed by atoms with van der Waals surface area (Å²) in [4.78, 5) is 21.4. The molecule has 4 aromatic heterocycles. The number of hydrogen-bond acceptors (Lipinski definition) is 9. The number of rotatable bonds is 6. The molecule has 0 saturated carbocycles. The van der Waals surface area contributed by atoms with Gasteiger partial charge in [-0.1, -0.05) is 5.21 Å². The van der Waals surface area contributed by atoms with Crippen LogP contribution >= 0.6 is 0 Å². The number of carbonyl (C=O) groups is 1. The highest BCUT2D eigenvalue weighted by atomic mass is 19.3. The van der Waals surface area contributed by atoms with Gasteiger partial charge in [0.15, 0.2) is 17.3 Å². The van der Waals surface area contributed by atoms with Gasteiger partial charge in [0.05, 0.1) is 30.0 Å². The molecule has 1 amide bonds. The number of likely N-dealkylation sites (tertiary alicyclic amines) is 1. The van der Waals surface area contributed by atoms with Gasteiger partial charge >= 0.3 is 0 Å². The van der Waals surface area contributed by atoms with Crippen molar-refractivity contribution in [2.75, 3.05) is 37.4 Å². The SMILES string of the molecule is CCn1nnc2ccc(-c3c(F)cn4nc(N[C@@H]5CCN(C(=O)CO)CC5(F)F)nc(NC)c34)nc21. The predicted octanol–water partition coefficient (Wildman–Crippen LogP) is 1.38. The second-order valence-electron chi connectivity index (χ2n) is 8.34. The molecule has 5 rings (SSSR count). The van der Waals surface area contributed by atoms with Crippen LogP contribution in [-0.4, -0.2) is 89.2 Å². The molecule has 1 aliphatic heterocycles. The van der Waals surface area contributed by atoms with E-state index in [4.69, 9.17) is 5.11 Å². The maximum Gasteiger partial charge on any atom is 0.285 e. The molecule has 36 heavy (non-hydrogen) atoms. The van der Waals surface area contributed by atoms with E-state index in [1.54, 1.807) is 23.9 Å². The van der Waals surface area contributed by atoms with E-state index in [1.165, 1.54) is 4.52 Å². The van der Waals surface area contributed by atoms with Crippen molar-refractivity contribution in [3.8, 4) is 11.3 Å². The molecule has 1 saturated heterocycles. The molecule has 4 aromatic rings. The van der Waals surface area contributed by atoms with Gasteiger partial charge in [-0.25, -0.2) is 27.4 Å². The summed E-state index contributed by atoms with van der Waals surface area (Å²) in [6, 6.07) is 1.93. The highest BCUT2D eigenvalue weighted by Crippen LogP contribution is 2.34. The summed E-state index contributed by atoms with van der Waals surface area (Å²) < 4.78 is 47.5. The van der Waals surface area contributed by atoms with Gasteiger partial charge in [0, 0.05) is 20.1 Å². The highest BCUT2D eigenvalue weighted by Gasteiger charge is 2.46. The van der Waals surface area contributed by atoms with E-state index >= 15 is 4.39 Å². The number of halogens is 3. The minimum absolute atomic E-state index is 0.0351. The van der Waals surface area contributed by atoms with Gasteiger partial charge in [0.2, 0.25) is 11.9 Å². The Morgan fingerprint density at radius 1 is 1.31 bits per heavy atom. The maximum atomic E-state index is 15.2. The molecule has 15 heteroatoms. The molecule has 0 unspecified atom stereocenters. The van der Waals surface area contributed by atoms with Crippen molar-refractivity contribution in [2.45, 2.75) is 31.9 Å². The first-order valence-corrected chi connectivity index (χ1v) is 11.3. The third kappa shape index (κ3) is 3.94. The number of nitrogens with one attached hydrogen (secondary N) is 2. The number of hydrogen-bond donors (Lipinski definition) is 3. The van der Waals surface area contributed by atoms with Crippen molar-refractivity contribution in [2.24, 2.45) is 0 Å². The molecule has 0 bridgehead atoms. The van der Waals surface area contributed by atoms with Gasteiger partial charge in [0.1, 0.15) is 17.6 Å². The molecule has 12 nitrogen and oxygen atoms in total. The van der Waals surface area contributed by atoms with Crippen molar-refractivity contribution in [3.05, 3.63) is 24.1 Å². The third-order valence-corrected chi connectivity index (χ3v) is 6.13. The van der Waals surface area contributed by atoms with Crippen molar-refractivity contribution < 1.29 is 23.1 Å². The van der Waals surface area contributed by atoms with Crippen LogP contribution in [0.25, 0.3) is 27.9 Å². The van der Waals surface area contributed by atoms with E-state index in [2.05, 4.69) is 36.0 Å². The molecule has 190 valence electrons. The molecule has 0 aromatic carbocycles. The number of aliphatic hydroxyl groups is 1. The first kappa shape index (κ1) is 23.7. The number of pyridine rings is 1. The zero-order valence-electron chi connectivity index (χ0n) is 19.4. The van der Waals surface area contributed by atoms with Crippen LogP contribution in [0.1, 0.15) is 13.3 Å². The van der Waals surface area contributed by atoms with Crippen molar-refractivity contribution in [1.82, 2.24) is 39.5 Å². The lowest BCUT2D eigenvalue weighted by Crippen LogP contribution is -2.56. The van der Waals surface area contributed by atoms with E-state index in [-0.39, 0.29) is 35.8 Å². The number of anilines is 2. The number of piperidine rings is 1. The highest BCUT2D eigenvalue weighted by molar-refractivity contribution is 5.89. The zero-order valence-corrected chi connectivity index (χ0v) is 19.4. The second-order valence-corrected chi connectivity index (χ2v) is 8.34. The monoisotopic (exact) mass is 504 g/mol. The Labute approximate surface area is 202 Å². The second kappa shape index (κ2) is 8.89. The average Bonchev–Trinajstić information content (AvgIpc) is 3.43. The molecule has 0 aliphatic carbocycles. The lowest BCUT2D eigenvalue weighted by molar-refractivity contribution is -0.145. The summed E-state index contributed by atoms with van der Waals surface area (Å²) in [7, 11) is 1.57. The fourth-order valence-electron chi connectivity index (χ4n) is 4.32. The summed E-state index contributed by atoms with van der Waals surface area (Å²) in [5, 5.41) is 26.7. The van der Waals surface area contributed by atoms with Crippen LogP contribution in [0.5, 0.6) is 0 Å². The molecule has 0 spiro atoms. The van der Waals surface area contributed by atoms with E-state index in [9.17, 15) is 13.6 Å². The lowest BCUT2D eigenvalue weighted by Gasteiger charge is -2.38. The van der Waals surface area contributed by atoms with Crippen molar-refractivity contribution >= 4 is 34.4 Å². The number of aliphatic hydroxyl groups excluding tert-OH is 1. The van der Waals surface area contributed by atoms with Gasteiger partial charge in [-0.2, -0.15) is 4.98 Å². The average molecular weight is 504 g/mol. The fraction of sp³-hybridized carbons (Fsp3) is 0.429. The molecule has 3 N–H and O–H groups in total. The third-order valence-electron chi connectivity index (χ3n) is 6.13. The number of carbonyl (C=O) groups excluding carboxylic acids is 1. The van der Waals surface area contributed by atoms with E-state index in [1.807, 2.05) is 6.92 Å². The predicted molar refractivity (Wildman–Crippen MR) is 123 cm³/mol. The zero-order chi connectivity index (χ0) is 25.6. The number of amides is 1. The summed E-state index contributed by atoms with van der Waals surface area (Å²) in [5.41, 5.74) is 1.78. The summed E-state index contributed by atoms with van der Waals surface area (Å²) in [6.45, 7) is 0.776. The lowest BCUT2D eigenvalue weighted by atomic mass is 10.0. The quantitative estimate of drug-likeness (QED) is 0.355. The van der Waals surface area contributed by atoms with Crippen LogP contribution < -0.4 is 10.6 Å².